The highest BCUT2D eigenvalue weighted by atomic mass is 15.0. The minimum absolute atomic E-state index is 0.192. The molecule has 0 saturated carbocycles. The van der Waals surface area contributed by atoms with E-state index in [1.54, 1.807) is 0 Å². The van der Waals surface area contributed by atoms with Crippen molar-refractivity contribution in [1.29, 1.82) is 0 Å². The normalized spacial score (nSPS) is 10.8. The molecule has 0 amide bonds. The van der Waals surface area contributed by atoms with E-state index in [4.69, 9.17) is 0 Å². The Hall–Kier alpha value is -1.77. The van der Waals surface area contributed by atoms with Crippen LogP contribution >= 0.6 is 0 Å². The van der Waals surface area contributed by atoms with Crippen molar-refractivity contribution in [1.82, 2.24) is 15.0 Å². The first-order valence-electron chi connectivity index (χ1n) is 7.67. The highest BCUT2D eigenvalue weighted by Crippen LogP contribution is 2.18. The summed E-state index contributed by atoms with van der Waals surface area (Å²) in [6, 6.07) is 10.3. The number of rotatable bonds is 3. The first-order chi connectivity index (χ1) is 9.92. The first-order valence-corrected chi connectivity index (χ1v) is 7.67. The average Bonchev–Trinajstić information content (AvgIpc) is 2.39. The standard InChI is InChI=1S/C16H21N3.C2H6/c1-12-17-14(10-13-8-6-5-7-9-13)19-15(18-12)11-16(2,3)4;1-2/h5-9H,10-11H2,1-4H3;1-2H3. The number of hydrogen-bond acceptors (Lipinski definition) is 3. The average molecular weight is 285 g/mol. The molecule has 0 aliphatic heterocycles. The molecule has 0 aliphatic rings. The smallest absolute Gasteiger partial charge is 0.136 e. The van der Waals surface area contributed by atoms with E-state index in [0.717, 1.165) is 30.3 Å². The van der Waals surface area contributed by atoms with Gasteiger partial charge in [-0.25, -0.2) is 15.0 Å². The second-order valence-electron chi connectivity index (χ2n) is 6.11. The van der Waals surface area contributed by atoms with Crippen LogP contribution in [0.25, 0.3) is 0 Å². The van der Waals surface area contributed by atoms with Gasteiger partial charge in [0.15, 0.2) is 0 Å². The molecule has 0 radical (unpaired) electrons. The van der Waals surface area contributed by atoms with Crippen LogP contribution in [0, 0.1) is 12.3 Å². The number of nitrogens with zero attached hydrogens (tertiary/aromatic N) is 3. The van der Waals surface area contributed by atoms with Crippen LogP contribution < -0.4 is 0 Å². The second-order valence-corrected chi connectivity index (χ2v) is 6.11. The molecule has 1 aromatic carbocycles. The molecular formula is C18H27N3. The number of benzene rings is 1. The third-order valence-electron chi connectivity index (χ3n) is 2.73. The Balaban J connectivity index is 0.00000106. The Morgan fingerprint density at radius 3 is 2.00 bits per heavy atom. The van der Waals surface area contributed by atoms with Gasteiger partial charge in [0.05, 0.1) is 0 Å². The zero-order valence-electron chi connectivity index (χ0n) is 14.1. The molecule has 3 heteroatoms. The fraction of sp³-hybridized carbons (Fsp3) is 0.500. The summed E-state index contributed by atoms with van der Waals surface area (Å²) in [7, 11) is 0. The lowest BCUT2D eigenvalue weighted by Gasteiger charge is -2.17. The van der Waals surface area contributed by atoms with Crippen LogP contribution in [0.4, 0.5) is 0 Å². The summed E-state index contributed by atoms with van der Waals surface area (Å²) >= 11 is 0. The van der Waals surface area contributed by atoms with Gasteiger partial charge < -0.3 is 0 Å². The summed E-state index contributed by atoms with van der Waals surface area (Å²) in [5.41, 5.74) is 1.42. The SMILES string of the molecule is CC.Cc1nc(Cc2ccccc2)nc(CC(C)(C)C)n1. The lowest BCUT2D eigenvalue weighted by molar-refractivity contribution is 0.398. The van der Waals surface area contributed by atoms with Crippen molar-refractivity contribution in [2.45, 2.75) is 54.4 Å². The van der Waals surface area contributed by atoms with Gasteiger partial charge in [0.25, 0.3) is 0 Å². The predicted octanol–water partition coefficient (Wildman–Crippen LogP) is 4.39. The molecule has 0 fully saturated rings. The molecule has 2 aromatic rings. The number of aryl methyl sites for hydroxylation is 1. The minimum Gasteiger partial charge on any atom is -0.218 e. The zero-order chi connectivity index (χ0) is 15.9. The van der Waals surface area contributed by atoms with E-state index in [9.17, 15) is 0 Å². The Morgan fingerprint density at radius 2 is 1.43 bits per heavy atom. The van der Waals surface area contributed by atoms with E-state index in [-0.39, 0.29) is 5.41 Å². The molecule has 2 rings (SSSR count). The highest BCUT2D eigenvalue weighted by Gasteiger charge is 2.14. The molecular weight excluding hydrogens is 258 g/mol. The Labute approximate surface area is 128 Å². The van der Waals surface area contributed by atoms with E-state index in [0.29, 0.717) is 0 Å². The van der Waals surface area contributed by atoms with Gasteiger partial charge in [-0.3, -0.25) is 0 Å². The van der Waals surface area contributed by atoms with E-state index in [1.165, 1.54) is 5.56 Å². The third-order valence-corrected chi connectivity index (χ3v) is 2.73. The van der Waals surface area contributed by atoms with Crippen molar-refractivity contribution < 1.29 is 0 Å². The maximum atomic E-state index is 4.59. The fourth-order valence-corrected chi connectivity index (χ4v) is 2.01. The zero-order valence-corrected chi connectivity index (χ0v) is 14.1. The van der Waals surface area contributed by atoms with Gasteiger partial charge in [0.1, 0.15) is 17.5 Å². The quantitative estimate of drug-likeness (QED) is 0.839. The molecule has 1 aromatic heterocycles. The Morgan fingerprint density at radius 1 is 0.857 bits per heavy atom. The van der Waals surface area contributed by atoms with E-state index in [1.807, 2.05) is 39.0 Å². The fourth-order valence-electron chi connectivity index (χ4n) is 2.01. The Bertz CT molecular complexity index is 542. The van der Waals surface area contributed by atoms with Crippen molar-refractivity contribution in [3.05, 3.63) is 53.4 Å². The topological polar surface area (TPSA) is 38.7 Å². The summed E-state index contributed by atoms with van der Waals surface area (Å²) in [6.07, 6.45) is 1.64. The maximum Gasteiger partial charge on any atom is 0.136 e. The van der Waals surface area contributed by atoms with Gasteiger partial charge in [0.2, 0.25) is 0 Å². The third kappa shape index (κ3) is 6.48. The van der Waals surface area contributed by atoms with Crippen molar-refractivity contribution in [2.75, 3.05) is 0 Å². The van der Waals surface area contributed by atoms with Crippen LogP contribution in [0.3, 0.4) is 0 Å². The van der Waals surface area contributed by atoms with Gasteiger partial charge >= 0.3 is 0 Å². The molecule has 0 bridgehead atoms. The van der Waals surface area contributed by atoms with Gasteiger partial charge in [-0.2, -0.15) is 0 Å². The Kier molecular flexibility index (Phi) is 6.47. The molecule has 1 heterocycles. The number of hydrogen-bond donors (Lipinski definition) is 0. The van der Waals surface area contributed by atoms with Gasteiger partial charge in [-0.1, -0.05) is 65.0 Å². The largest absolute Gasteiger partial charge is 0.218 e. The van der Waals surface area contributed by atoms with Crippen molar-refractivity contribution in [2.24, 2.45) is 5.41 Å². The maximum absolute atomic E-state index is 4.59. The van der Waals surface area contributed by atoms with Gasteiger partial charge in [-0.05, 0) is 17.9 Å². The second kappa shape index (κ2) is 7.87. The van der Waals surface area contributed by atoms with Crippen LogP contribution in [0.2, 0.25) is 0 Å². The summed E-state index contributed by atoms with van der Waals surface area (Å²) in [4.78, 5) is 13.5. The molecule has 0 unspecified atom stereocenters. The van der Waals surface area contributed by atoms with E-state index in [2.05, 4.69) is 47.9 Å². The van der Waals surface area contributed by atoms with Crippen LogP contribution in [-0.4, -0.2) is 15.0 Å². The van der Waals surface area contributed by atoms with Crippen LogP contribution in [0.1, 0.15) is 57.7 Å². The molecule has 0 atom stereocenters. The summed E-state index contributed by atoms with van der Waals surface area (Å²) < 4.78 is 0. The van der Waals surface area contributed by atoms with Crippen molar-refractivity contribution >= 4 is 0 Å². The molecule has 0 spiro atoms. The van der Waals surface area contributed by atoms with Gasteiger partial charge in [0, 0.05) is 12.8 Å². The van der Waals surface area contributed by atoms with Crippen LogP contribution in [0.15, 0.2) is 30.3 Å². The van der Waals surface area contributed by atoms with Gasteiger partial charge in [-0.15, -0.1) is 0 Å². The van der Waals surface area contributed by atoms with Crippen molar-refractivity contribution in [3.63, 3.8) is 0 Å². The van der Waals surface area contributed by atoms with E-state index < -0.39 is 0 Å². The van der Waals surface area contributed by atoms with Crippen LogP contribution in [0.5, 0.6) is 0 Å². The van der Waals surface area contributed by atoms with Crippen LogP contribution in [-0.2, 0) is 12.8 Å². The minimum atomic E-state index is 0.192. The van der Waals surface area contributed by atoms with E-state index >= 15 is 0 Å². The lowest BCUT2D eigenvalue weighted by atomic mass is 9.92. The molecule has 0 N–H and O–H groups in total. The molecule has 0 saturated heterocycles. The molecule has 21 heavy (non-hydrogen) atoms. The summed E-state index contributed by atoms with van der Waals surface area (Å²) in [5.74, 6) is 2.56. The number of aromatic nitrogens is 3. The summed E-state index contributed by atoms with van der Waals surface area (Å²) in [5, 5.41) is 0. The lowest BCUT2D eigenvalue weighted by Crippen LogP contribution is -2.14. The predicted molar refractivity (Wildman–Crippen MR) is 88.3 cm³/mol. The monoisotopic (exact) mass is 285 g/mol. The molecule has 114 valence electrons. The van der Waals surface area contributed by atoms with Crippen molar-refractivity contribution in [3.8, 4) is 0 Å². The highest BCUT2D eigenvalue weighted by molar-refractivity contribution is 5.19. The molecule has 3 nitrogen and oxygen atoms in total. The first kappa shape index (κ1) is 17.3. The summed E-state index contributed by atoms with van der Waals surface area (Å²) in [6.45, 7) is 12.5. The molecule has 0 aliphatic carbocycles.